The molecule has 0 saturated carbocycles. The monoisotopic (exact) mass is 265 g/mol. The summed E-state index contributed by atoms with van der Waals surface area (Å²) in [4.78, 5) is 2.14. The van der Waals surface area contributed by atoms with E-state index in [0.29, 0.717) is 18.0 Å². The van der Waals surface area contributed by atoms with Crippen LogP contribution in [0.5, 0.6) is 0 Å². The fraction of sp³-hybridized carbons (Fsp3) is 1.00. The van der Waals surface area contributed by atoms with Crippen LogP contribution >= 0.6 is 15.9 Å². The highest BCUT2D eigenvalue weighted by molar-refractivity contribution is 9.09. The van der Waals surface area contributed by atoms with Crippen LogP contribution in [0, 0.1) is 0 Å². The zero-order valence-electron chi connectivity index (χ0n) is 8.79. The van der Waals surface area contributed by atoms with Crippen molar-refractivity contribution >= 4 is 15.9 Å². The molecule has 4 heteroatoms. The third-order valence-corrected chi connectivity index (χ3v) is 3.24. The molecule has 1 N–H and O–H groups in total. The van der Waals surface area contributed by atoms with Gasteiger partial charge in [0.15, 0.2) is 0 Å². The van der Waals surface area contributed by atoms with Crippen LogP contribution in [-0.4, -0.2) is 54.3 Å². The fourth-order valence-electron chi connectivity index (χ4n) is 1.78. The largest absolute Gasteiger partial charge is 0.391 e. The van der Waals surface area contributed by atoms with Crippen LogP contribution in [0.25, 0.3) is 0 Å². The summed E-state index contributed by atoms with van der Waals surface area (Å²) in [6.07, 6.45) is 3.73. The van der Waals surface area contributed by atoms with Gasteiger partial charge in [0.05, 0.1) is 12.2 Å². The zero-order valence-corrected chi connectivity index (χ0v) is 10.4. The molecule has 14 heavy (non-hydrogen) atoms. The molecule has 1 fully saturated rings. The molecule has 0 aromatic rings. The Morgan fingerprint density at radius 1 is 1.57 bits per heavy atom. The van der Waals surface area contributed by atoms with E-state index in [9.17, 15) is 5.11 Å². The smallest absolute Gasteiger partial charge is 0.0763 e. The Morgan fingerprint density at radius 3 is 2.93 bits per heavy atom. The van der Waals surface area contributed by atoms with Gasteiger partial charge in [-0.15, -0.1) is 0 Å². The van der Waals surface area contributed by atoms with E-state index in [1.165, 1.54) is 12.8 Å². The Hall–Kier alpha value is 0.360. The molecule has 0 bridgehead atoms. The van der Waals surface area contributed by atoms with Crippen molar-refractivity contribution in [2.75, 3.05) is 32.1 Å². The summed E-state index contributed by atoms with van der Waals surface area (Å²) in [5.74, 6) is 0. The van der Waals surface area contributed by atoms with Crippen LogP contribution in [-0.2, 0) is 4.74 Å². The van der Waals surface area contributed by atoms with Crippen molar-refractivity contribution in [2.24, 2.45) is 0 Å². The first-order chi connectivity index (χ1) is 6.72. The molecule has 1 saturated heterocycles. The van der Waals surface area contributed by atoms with Crippen LogP contribution in [0.2, 0.25) is 0 Å². The highest BCUT2D eigenvalue weighted by atomic mass is 79.9. The lowest BCUT2D eigenvalue weighted by atomic mass is 10.1. The summed E-state index contributed by atoms with van der Waals surface area (Å²) < 4.78 is 5.63. The minimum absolute atomic E-state index is 0.274. The quantitative estimate of drug-likeness (QED) is 0.760. The predicted octanol–water partition coefficient (Wildman–Crippen LogP) is 1.24. The van der Waals surface area contributed by atoms with Crippen molar-refractivity contribution in [3.8, 4) is 0 Å². The van der Waals surface area contributed by atoms with E-state index in [2.05, 4.69) is 20.8 Å². The van der Waals surface area contributed by atoms with Gasteiger partial charge in [-0.25, -0.2) is 0 Å². The van der Waals surface area contributed by atoms with Gasteiger partial charge < -0.3 is 14.7 Å². The van der Waals surface area contributed by atoms with Gasteiger partial charge >= 0.3 is 0 Å². The Labute approximate surface area is 94.6 Å². The molecule has 1 aliphatic rings. The number of hydrogen-bond acceptors (Lipinski definition) is 3. The number of likely N-dealkylation sites (N-methyl/N-ethyl adjacent to an activating group) is 1. The van der Waals surface area contributed by atoms with Gasteiger partial charge in [0.25, 0.3) is 0 Å². The minimum atomic E-state index is -0.274. The van der Waals surface area contributed by atoms with E-state index in [1.54, 1.807) is 0 Å². The average Bonchev–Trinajstić information content (AvgIpc) is 2.19. The summed E-state index contributed by atoms with van der Waals surface area (Å²) in [6, 6.07) is 0. The van der Waals surface area contributed by atoms with Crippen LogP contribution in [0.3, 0.4) is 0 Å². The summed E-state index contributed by atoms with van der Waals surface area (Å²) in [5.41, 5.74) is 0. The van der Waals surface area contributed by atoms with Crippen molar-refractivity contribution in [3.63, 3.8) is 0 Å². The van der Waals surface area contributed by atoms with Crippen LogP contribution in [0.4, 0.5) is 0 Å². The first-order valence-corrected chi connectivity index (χ1v) is 6.38. The average molecular weight is 266 g/mol. The normalized spacial score (nSPS) is 25.3. The number of hydrogen-bond donors (Lipinski definition) is 1. The van der Waals surface area contributed by atoms with Gasteiger partial charge in [-0.1, -0.05) is 15.9 Å². The Bertz CT molecular complexity index is 151. The van der Waals surface area contributed by atoms with Crippen molar-refractivity contribution in [1.82, 2.24) is 4.90 Å². The van der Waals surface area contributed by atoms with Crippen LogP contribution in [0.1, 0.15) is 19.3 Å². The van der Waals surface area contributed by atoms with E-state index < -0.39 is 0 Å². The second kappa shape index (κ2) is 6.77. The van der Waals surface area contributed by atoms with E-state index in [4.69, 9.17) is 4.74 Å². The number of halogens is 1. The van der Waals surface area contributed by atoms with E-state index in [1.807, 2.05) is 7.05 Å². The number of nitrogens with zero attached hydrogens (tertiary/aromatic N) is 1. The third-order valence-electron chi connectivity index (χ3n) is 2.49. The number of aliphatic hydroxyl groups is 1. The number of rotatable bonds is 5. The minimum Gasteiger partial charge on any atom is -0.391 e. The molecule has 0 amide bonds. The first kappa shape index (κ1) is 12.4. The lowest BCUT2D eigenvalue weighted by Gasteiger charge is -2.28. The first-order valence-electron chi connectivity index (χ1n) is 5.26. The van der Waals surface area contributed by atoms with Gasteiger partial charge in [0, 0.05) is 25.0 Å². The van der Waals surface area contributed by atoms with Crippen molar-refractivity contribution in [2.45, 2.75) is 31.5 Å². The molecule has 0 aromatic carbocycles. The maximum absolute atomic E-state index is 9.43. The standard InChI is InChI=1S/C10H20BrNO2/c1-12(7-9(13)6-11)8-10-4-2-3-5-14-10/h9-10,13H,2-8H2,1H3. The molecule has 0 aliphatic carbocycles. The Kier molecular flexibility index (Phi) is 6.01. The van der Waals surface area contributed by atoms with Crippen LogP contribution < -0.4 is 0 Å². The molecule has 2 unspecified atom stereocenters. The molecule has 84 valence electrons. The van der Waals surface area contributed by atoms with E-state index in [-0.39, 0.29) is 6.10 Å². The molecular weight excluding hydrogens is 246 g/mol. The molecule has 0 aromatic heterocycles. The van der Waals surface area contributed by atoms with Crippen LogP contribution in [0.15, 0.2) is 0 Å². The number of aliphatic hydroxyl groups excluding tert-OH is 1. The van der Waals surface area contributed by atoms with Gasteiger partial charge in [-0.3, -0.25) is 0 Å². The second-order valence-corrected chi connectivity index (χ2v) is 4.67. The Morgan fingerprint density at radius 2 is 2.36 bits per heavy atom. The van der Waals surface area contributed by atoms with Crippen molar-refractivity contribution in [1.29, 1.82) is 0 Å². The van der Waals surface area contributed by atoms with Crippen molar-refractivity contribution in [3.05, 3.63) is 0 Å². The molecule has 1 heterocycles. The lowest BCUT2D eigenvalue weighted by molar-refractivity contribution is -0.00650. The van der Waals surface area contributed by atoms with Gasteiger partial charge in [-0.2, -0.15) is 0 Å². The van der Waals surface area contributed by atoms with E-state index >= 15 is 0 Å². The molecule has 1 rings (SSSR count). The highest BCUT2D eigenvalue weighted by Crippen LogP contribution is 2.13. The van der Waals surface area contributed by atoms with Crippen molar-refractivity contribution < 1.29 is 9.84 Å². The summed E-state index contributed by atoms with van der Waals surface area (Å²) in [7, 11) is 2.03. The molecule has 1 aliphatic heterocycles. The molecule has 3 nitrogen and oxygen atoms in total. The second-order valence-electron chi connectivity index (χ2n) is 4.02. The number of alkyl halides is 1. The number of ether oxygens (including phenoxy) is 1. The molecular formula is C10H20BrNO2. The van der Waals surface area contributed by atoms with Gasteiger partial charge in [0.2, 0.25) is 0 Å². The summed E-state index contributed by atoms with van der Waals surface area (Å²) in [6.45, 7) is 2.55. The maximum atomic E-state index is 9.43. The predicted molar refractivity (Wildman–Crippen MR) is 60.9 cm³/mol. The SMILES string of the molecule is CN(CC(O)CBr)CC1CCCCO1. The summed E-state index contributed by atoms with van der Waals surface area (Å²) in [5, 5.41) is 10.1. The molecule has 0 radical (unpaired) electrons. The third kappa shape index (κ3) is 4.73. The molecule has 0 spiro atoms. The maximum Gasteiger partial charge on any atom is 0.0763 e. The van der Waals surface area contributed by atoms with E-state index in [0.717, 1.165) is 19.6 Å². The highest BCUT2D eigenvalue weighted by Gasteiger charge is 2.16. The fourth-order valence-corrected chi connectivity index (χ4v) is 1.99. The Balaban J connectivity index is 2.14. The topological polar surface area (TPSA) is 32.7 Å². The summed E-state index contributed by atoms with van der Waals surface area (Å²) >= 11 is 3.26. The molecule has 2 atom stereocenters. The lowest BCUT2D eigenvalue weighted by Crippen LogP contribution is -2.37. The van der Waals surface area contributed by atoms with Gasteiger partial charge in [-0.05, 0) is 26.3 Å². The zero-order chi connectivity index (χ0) is 10.4. The van der Waals surface area contributed by atoms with Gasteiger partial charge in [0.1, 0.15) is 0 Å².